The summed E-state index contributed by atoms with van der Waals surface area (Å²) in [5.41, 5.74) is 1.06. The van der Waals surface area contributed by atoms with Crippen molar-refractivity contribution in [1.29, 1.82) is 0 Å². The first-order valence-corrected chi connectivity index (χ1v) is 8.84. The van der Waals surface area contributed by atoms with Crippen LogP contribution >= 0.6 is 10.8 Å². The molecule has 0 aromatic rings. The normalized spacial score (nSPS) is 24.4. The van der Waals surface area contributed by atoms with Crippen LogP contribution in [0.5, 0.6) is 0 Å². The van der Waals surface area contributed by atoms with Crippen molar-refractivity contribution in [2.24, 2.45) is 0 Å². The first-order valence-electron chi connectivity index (χ1n) is 5.45. The standard InChI is InChI=1S/C11H21NO3S2/c1-8-9(7-16-17(6,14)15)11(4,5)12(13)10(8,2)3/h13H,7H2,1-6H3. The molecule has 1 aliphatic heterocycles. The summed E-state index contributed by atoms with van der Waals surface area (Å²) in [7, 11) is -2.14. The lowest BCUT2D eigenvalue weighted by Crippen LogP contribution is -2.48. The number of rotatable bonds is 3. The average molecular weight is 279 g/mol. The molecule has 0 fully saturated rings. The largest absolute Gasteiger partial charge is 0.312 e. The molecule has 100 valence electrons. The third-order valence-electron chi connectivity index (χ3n) is 3.59. The van der Waals surface area contributed by atoms with E-state index in [1.54, 1.807) is 0 Å². The van der Waals surface area contributed by atoms with Gasteiger partial charge in [0.15, 0.2) is 8.87 Å². The quantitative estimate of drug-likeness (QED) is 0.634. The van der Waals surface area contributed by atoms with Gasteiger partial charge in [-0.15, -0.1) is 0 Å². The fraction of sp³-hybridized carbons (Fsp3) is 0.818. The van der Waals surface area contributed by atoms with Crippen LogP contribution in [0.2, 0.25) is 0 Å². The molecule has 0 amide bonds. The van der Waals surface area contributed by atoms with E-state index in [0.717, 1.165) is 21.9 Å². The van der Waals surface area contributed by atoms with E-state index in [1.807, 2.05) is 34.6 Å². The van der Waals surface area contributed by atoms with Gasteiger partial charge < -0.3 is 5.21 Å². The highest BCUT2D eigenvalue weighted by atomic mass is 33.1. The van der Waals surface area contributed by atoms with Gasteiger partial charge in [0, 0.05) is 12.0 Å². The Labute approximate surface area is 107 Å². The zero-order chi connectivity index (χ0) is 13.6. The van der Waals surface area contributed by atoms with Crippen molar-refractivity contribution in [3.8, 4) is 0 Å². The Bertz CT molecular complexity index is 449. The summed E-state index contributed by atoms with van der Waals surface area (Å²) in [6, 6.07) is 0. The second-order valence-electron chi connectivity index (χ2n) is 5.50. The van der Waals surface area contributed by atoms with Crippen molar-refractivity contribution in [3.05, 3.63) is 11.1 Å². The predicted octanol–water partition coefficient (Wildman–Crippen LogP) is 2.26. The monoisotopic (exact) mass is 279 g/mol. The van der Waals surface area contributed by atoms with Crippen molar-refractivity contribution in [3.63, 3.8) is 0 Å². The first kappa shape index (κ1) is 15.0. The topological polar surface area (TPSA) is 57.6 Å². The molecule has 1 heterocycles. The van der Waals surface area contributed by atoms with Crippen LogP contribution in [-0.4, -0.2) is 41.8 Å². The van der Waals surface area contributed by atoms with Gasteiger partial charge >= 0.3 is 0 Å². The van der Waals surface area contributed by atoms with E-state index in [9.17, 15) is 13.6 Å². The van der Waals surface area contributed by atoms with Gasteiger partial charge in [-0.25, -0.2) is 8.42 Å². The van der Waals surface area contributed by atoms with Gasteiger partial charge in [-0.05, 0) is 56.6 Å². The predicted molar refractivity (Wildman–Crippen MR) is 71.8 cm³/mol. The minimum atomic E-state index is -3.06. The molecular weight excluding hydrogens is 258 g/mol. The second-order valence-corrected chi connectivity index (χ2v) is 9.96. The third-order valence-corrected chi connectivity index (χ3v) is 6.06. The molecule has 0 spiro atoms. The second kappa shape index (κ2) is 4.26. The van der Waals surface area contributed by atoms with E-state index < -0.39 is 19.9 Å². The summed E-state index contributed by atoms with van der Waals surface area (Å²) in [6.07, 6.45) is 1.21. The molecule has 1 aliphatic rings. The molecular formula is C11H21NO3S2. The Morgan fingerprint density at radius 3 is 2.00 bits per heavy atom. The maximum absolute atomic E-state index is 11.2. The van der Waals surface area contributed by atoms with E-state index in [4.69, 9.17) is 0 Å². The van der Waals surface area contributed by atoms with Crippen molar-refractivity contribution in [1.82, 2.24) is 5.06 Å². The molecule has 0 aromatic heterocycles. The van der Waals surface area contributed by atoms with Crippen LogP contribution in [0, 0.1) is 0 Å². The van der Waals surface area contributed by atoms with Crippen LogP contribution < -0.4 is 0 Å². The fourth-order valence-corrected chi connectivity index (χ4v) is 4.16. The molecule has 0 saturated heterocycles. The molecule has 0 saturated carbocycles. The highest BCUT2D eigenvalue weighted by Crippen LogP contribution is 2.44. The van der Waals surface area contributed by atoms with Gasteiger partial charge in [0.2, 0.25) is 0 Å². The van der Waals surface area contributed by atoms with Crippen molar-refractivity contribution in [2.75, 3.05) is 12.0 Å². The molecule has 0 aliphatic carbocycles. The summed E-state index contributed by atoms with van der Waals surface area (Å²) in [5.74, 6) is 0.401. The van der Waals surface area contributed by atoms with E-state index in [-0.39, 0.29) is 0 Å². The molecule has 1 N–H and O–H groups in total. The van der Waals surface area contributed by atoms with Gasteiger partial charge in [-0.1, -0.05) is 0 Å². The molecule has 0 radical (unpaired) electrons. The summed E-state index contributed by atoms with van der Waals surface area (Å²) in [6.45, 7) is 9.63. The lowest BCUT2D eigenvalue weighted by molar-refractivity contribution is -0.187. The van der Waals surface area contributed by atoms with Crippen molar-refractivity contribution >= 4 is 19.7 Å². The zero-order valence-electron chi connectivity index (χ0n) is 11.2. The lowest BCUT2D eigenvalue weighted by Gasteiger charge is -2.36. The number of hydroxylamine groups is 2. The molecule has 4 nitrogen and oxygen atoms in total. The number of hydrogen-bond acceptors (Lipinski definition) is 5. The Morgan fingerprint density at radius 1 is 1.24 bits per heavy atom. The maximum Gasteiger partial charge on any atom is 0.199 e. The fourth-order valence-electron chi connectivity index (χ4n) is 2.26. The number of nitrogens with zero attached hydrogens (tertiary/aromatic N) is 1. The highest BCUT2D eigenvalue weighted by molar-refractivity contribution is 8.71. The Balaban J connectivity index is 3.08. The van der Waals surface area contributed by atoms with Gasteiger partial charge in [-0.3, -0.25) is 0 Å². The SMILES string of the molecule is CC1=C(CSS(C)(=O)=O)C(C)(C)N(O)C1(C)C. The highest BCUT2D eigenvalue weighted by Gasteiger charge is 2.48. The van der Waals surface area contributed by atoms with E-state index in [1.165, 1.54) is 11.3 Å². The smallest absolute Gasteiger partial charge is 0.199 e. The van der Waals surface area contributed by atoms with E-state index in [2.05, 4.69) is 0 Å². The summed E-state index contributed by atoms with van der Waals surface area (Å²) < 4.78 is 22.4. The molecule has 1 rings (SSSR count). The van der Waals surface area contributed by atoms with Gasteiger partial charge in [0.05, 0.1) is 11.1 Å². The first-order chi connectivity index (χ1) is 7.40. The minimum Gasteiger partial charge on any atom is -0.312 e. The van der Waals surface area contributed by atoms with Gasteiger partial charge in [-0.2, -0.15) is 5.06 Å². The summed E-state index contributed by atoms with van der Waals surface area (Å²) in [4.78, 5) is 0. The van der Waals surface area contributed by atoms with Crippen LogP contribution in [0.25, 0.3) is 0 Å². The van der Waals surface area contributed by atoms with Crippen LogP contribution in [-0.2, 0) is 8.87 Å². The van der Waals surface area contributed by atoms with Gasteiger partial charge in [0.1, 0.15) is 0 Å². The molecule has 0 bridgehead atoms. The van der Waals surface area contributed by atoms with Crippen molar-refractivity contribution < 1.29 is 13.6 Å². The Morgan fingerprint density at radius 2 is 1.71 bits per heavy atom. The molecule has 6 heteroatoms. The van der Waals surface area contributed by atoms with Crippen molar-refractivity contribution in [2.45, 2.75) is 45.7 Å². The van der Waals surface area contributed by atoms with Crippen LogP contribution in [0.3, 0.4) is 0 Å². The molecule has 0 aromatic carbocycles. The van der Waals surface area contributed by atoms with Gasteiger partial charge in [0.25, 0.3) is 0 Å². The van der Waals surface area contributed by atoms with Crippen LogP contribution in [0.15, 0.2) is 11.1 Å². The summed E-state index contributed by atoms with van der Waals surface area (Å²) in [5, 5.41) is 11.5. The zero-order valence-corrected chi connectivity index (χ0v) is 12.9. The van der Waals surface area contributed by atoms with E-state index in [0.29, 0.717) is 5.75 Å². The minimum absolute atomic E-state index is 0.401. The van der Waals surface area contributed by atoms with Crippen LogP contribution in [0.4, 0.5) is 0 Å². The Hall–Kier alpha value is -0.0400. The number of hydrogen-bond donors (Lipinski definition) is 1. The molecule has 17 heavy (non-hydrogen) atoms. The molecule has 0 atom stereocenters. The Kier molecular flexibility index (Phi) is 3.76. The average Bonchev–Trinajstić information content (AvgIpc) is 2.23. The maximum atomic E-state index is 11.2. The van der Waals surface area contributed by atoms with Crippen LogP contribution in [0.1, 0.15) is 34.6 Å². The third kappa shape index (κ3) is 2.70. The van der Waals surface area contributed by atoms with E-state index >= 15 is 0 Å². The summed E-state index contributed by atoms with van der Waals surface area (Å²) >= 11 is 0. The lowest BCUT2D eigenvalue weighted by atomic mass is 9.93. The molecule has 0 unspecified atom stereocenters.